The van der Waals surface area contributed by atoms with Crippen molar-refractivity contribution < 1.29 is 9.47 Å². The number of nitrogens with zero attached hydrogens (tertiary/aromatic N) is 2. The summed E-state index contributed by atoms with van der Waals surface area (Å²) in [5, 5.41) is 0. The lowest BCUT2D eigenvalue weighted by Crippen LogP contribution is -1.96. The van der Waals surface area contributed by atoms with Crippen LogP contribution in [-0.4, -0.2) is 16.8 Å². The zero-order chi connectivity index (χ0) is 11.8. The molecule has 0 bridgehead atoms. The van der Waals surface area contributed by atoms with Crippen molar-refractivity contribution in [3.8, 4) is 22.8 Å². The second kappa shape index (κ2) is 3.89. The van der Waals surface area contributed by atoms with E-state index in [4.69, 9.17) is 15.2 Å². The van der Waals surface area contributed by atoms with E-state index < -0.39 is 0 Å². The van der Waals surface area contributed by atoms with Gasteiger partial charge in [0.2, 0.25) is 6.79 Å². The highest BCUT2D eigenvalue weighted by atomic mass is 79.9. The highest BCUT2D eigenvalue weighted by molar-refractivity contribution is 9.10. The van der Waals surface area contributed by atoms with E-state index in [1.54, 1.807) is 12.4 Å². The fourth-order valence-corrected chi connectivity index (χ4v) is 2.23. The Kier molecular flexibility index (Phi) is 2.36. The van der Waals surface area contributed by atoms with Crippen LogP contribution >= 0.6 is 15.9 Å². The summed E-state index contributed by atoms with van der Waals surface area (Å²) in [5.74, 6) is 1.77. The van der Waals surface area contributed by atoms with Crippen molar-refractivity contribution in [1.82, 2.24) is 9.97 Å². The Morgan fingerprint density at radius 3 is 2.82 bits per heavy atom. The SMILES string of the molecule is Nc1nccnc1-c1cc(Br)c2c(c1)OCO2. The molecule has 0 saturated heterocycles. The number of anilines is 1. The lowest BCUT2D eigenvalue weighted by atomic mass is 10.1. The molecule has 1 aliphatic heterocycles. The van der Waals surface area contributed by atoms with Gasteiger partial charge in [0.05, 0.1) is 4.47 Å². The summed E-state index contributed by atoms with van der Waals surface area (Å²) in [5.41, 5.74) is 7.26. The Balaban J connectivity index is 2.17. The van der Waals surface area contributed by atoms with Crippen LogP contribution in [0.4, 0.5) is 5.82 Å². The summed E-state index contributed by atoms with van der Waals surface area (Å²) >= 11 is 3.43. The molecule has 1 aromatic carbocycles. The van der Waals surface area contributed by atoms with Crippen molar-refractivity contribution in [1.29, 1.82) is 0 Å². The number of fused-ring (bicyclic) bond motifs is 1. The predicted octanol–water partition coefficient (Wildman–Crippen LogP) is 2.22. The molecule has 1 aliphatic rings. The molecule has 5 nitrogen and oxygen atoms in total. The summed E-state index contributed by atoms with van der Waals surface area (Å²) in [6.07, 6.45) is 3.16. The van der Waals surface area contributed by atoms with Gasteiger partial charge in [-0.15, -0.1) is 0 Å². The predicted molar refractivity (Wildman–Crippen MR) is 65.7 cm³/mol. The van der Waals surface area contributed by atoms with Crippen molar-refractivity contribution in [2.24, 2.45) is 0 Å². The molecule has 0 unspecified atom stereocenters. The number of ether oxygens (including phenoxy) is 2. The van der Waals surface area contributed by atoms with E-state index in [9.17, 15) is 0 Å². The van der Waals surface area contributed by atoms with Crippen LogP contribution < -0.4 is 15.2 Å². The summed E-state index contributed by atoms with van der Waals surface area (Å²) in [4.78, 5) is 8.22. The third-order valence-corrected chi connectivity index (χ3v) is 3.02. The fourth-order valence-electron chi connectivity index (χ4n) is 1.68. The third kappa shape index (κ3) is 1.70. The Hall–Kier alpha value is -1.82. The van der Waals surface area contributed by atoms with E-state index >= 15 is 0 Å². The summed E-state index contributed by atoms with van der Waals surface area (Å²) in [6.45, 7) is 0.230. The first kappa shape index (κ1) is 10.3. The second-order valence-corrected chi connectivity index (χ2v) is 4.34. The van der Waals surface area contributed by atoms with Crippen LogP contribution in [0.15, 0.2) is 29.0 Å². The minimum atomic E-state index is 0.230. The molecule has 0 aliphatic carbocycles. The molecule has 0 amide bonds. The maximum absolute atomic E-state index is 5.79. The van der Waals surface area contributed by atoms with Gasteiger partial charge in [-0.25, -0.2) is 4.98 Å². The number of aromatic nitrogens is 2. The van der Waals surface area contributed by atoms with Gasteiger partial charge in [-0.2, -0.15) is 0 Å². The smallest absolute Gasteiger partial charge is 0.231 e. The second-order valence-electron chi connectivity index (χ2n) is 3.48. The van der Waals surface area contributed by atoms with Gasteiger partial charge in [0.25, 0.3) is 0 Å². The summed E-state index contributed by atoms with van der Waals surface area (Å²) < 4.78 is 11.5. The Morgan fingerprint density at radius 2 is 2.00 bits per heavy atom. The first-order chi connectivity index (χ1) is 8.25. The molecular weight excluding hydrogens is 286 g/mol. The highest BCUT2D eigenvalue weighted by Crippen LogP contribution is 2.42. The van der Waals surface area contributed by atoms with Crippen molar-refractivity contribution in [2.75, 3.05) is 12.5 Å². The Labute approximate surface area is 106 Å². The maximum atomic E-state index is 5.79. The van der Waals surface area contributed by atoms with E-state index in [1.165, 1.54) is 0 Å². The van der Waals surface area contributed by atoms with Gasteiger partial charge in [0.15, 0.2) is 11.5 Å². The minimum Gasteiger partial charge on any atom is -0.454 e. The molecule has 0 saturated carbocycles. The van der Waals surface area contributed by atoms with Crippen molar-refractivity contribution in [2.45, 2.75) is 0 Å². The Bertz CT molecular complexity index is 589. The zero-order valence-electron chi connectivity index (χ0n) is 8.68. The van der Waals surface area contributed by atoms with Crippen molar-refractivity contribution >= 4 is 21.7 Å². The molecular formula is C11H8BrN3O2. The third-order valence-electron chi connectivity index (χ3n) is 2.43. The van der Waals surface area contributed by atoms with Crippen LogP contribution in [0.25, 0.3) is 11.3 Å². The van der Waals surface area contributed by atoms with Gasteiger partial charge in [0, 0.05) is 18.0 Å². The van der Waals surface area contributed by atoms with Crippen LogP contribution in [0.1, 0.15) is 0 Å². The minimum absolute atomic E-state index is 0.230. The first-order valence-corrected chi connectivity index (χ1v) is 5.71. The molecule has 86 valence electrons. The van der Waals surface area contributed by atoms with Crippen LogP contribution in [0, 0.1) is 0 Å². The van der Waals surface area contributed by atoms with Crippen molar-refractivity contribution in [3.05, 3.63) is 29.0 Å². The summed E-state index contributed by atoms with van der Waals surface area (Å²) in [6, 6.07) is 3.72. The van der Waals surface area contributed by atoms with Gasteiger partial charge >= 0.3 is 0 Å². The number of benzene rings is 1. The quantitative estimate of drug-likeness (QED) is 0.873. The van der Waals surface area contributed by atoms with Crippen LogP contribution in [0.2, 0.25) is 0 Å². The number of halogens is 1. The van der Waals surface area contributed by atoms with Gasteiger partial charge in [0.1, 0.15) is 11.5 Å². The molecule has 0 spiro atoms. The van der Waals surface area contributed by atoms with E-state index in [-0.39, 0.29) is 6.79 Å². The van der Waals surface area contributed by atoms with Crippen molar-refractivity contribution in [3.63, 3.8) is 0 Å². The molecule has 2 heterocycles. The molecule has 0 atom stereocenters. The van der Waals surface area contributed by atoms with E-state index in [2.05, 4.69) is 25.9 Å². The normalized spacial score (nSPS) is 12.8. The molecule has 2 N–H and O–H groups in total. The van der Waals surface area contributed by atoms with Gasteiger partial charge in [-0.05, 0) is 28.1 Å². The number of rotatable bonds is 1. The fraction of sp³-hybridized carbons (Fsp3) is 0.0909. The largest absolute Gasteiger partial charge is 0.454 e. The number of nitrogen functional groups attached to an aromatic ring is 1. The standard InChI is InChI=1S/C11H8BrN3O2/c12-7-3-6(4-8-10(7)17-5-16-8)9-11(13)15-2-1-14-9/h1-4H,5H2,(H2,13,15). The average molecular weight is 294 g/mol. The van der Waals surface area contributed by atoms with E-state index in [0.29, 0.717) is 23.0 Å². The number of nitrogens with two attached hydrogens (primary N) is 1. The lowest BCUT2D eigenvalue weighted by Gasteiger charge is -2.06. The van der Waals surface area contributed by atoms with Crippen LogP contribution in [0.5, 0.6) is 11.5 Å². The summed E-state index contributed by atoms with van der Waals surface area (Å²) in [7, 11) is 0. The van der Waals surface area contributed by atoms with Crippen LogP contribution in [0.3, 0.4) is 0 Å². The molecule has 1 aromatic heterocycles. The lowest BCUT2D eigenvalue weighted by molar-refractivity contribution is 0.173. The molecule has 17 heavy (non-hydrogen) atoms. The molecule has 6 heteroatoms. The average Bonchev–Trinajstić information content (AvgIpc) is 2.78. The van der Waals surface area contributed by atoms with Gasteiger partial charge in [-0.3, -0.25) is 4.98 Å². The molecule has 2 aromatic rings. The zero-order valence-corrected chi connectivity index (χ0v) is 10.3. The van der Waals surface area contributed by atoms with Gasteiger partial charge < -0.3 is 15.2 Å². The number of hydrogen-bond donors (Lipinski definition) is 1. The Morgan fingerprint density at radius 1 is 1.18 bits per heavy atom. The molecule has 0 fully saturated rings. The maximum Gasteiger partial charge on any atom is 0.231 e. The topological polar surface area (TPSA) is 70.3 Å². The number of hydrogen-bond acceptors (Lipinski definition) is 5. The highest BCUT2D eigenvalue weighted by Gasteiger charge is 2.19. The molecule has 3 rings (SSSR count). The van der Waals surface area contributed by atoms with E-state index in [0.717, 1.165) is 10.0 Å². The first-order valence-electron chi connectivity index (χ1n) is 4.91. The van der Waals surface area contributed by atoms with E-state index in [1.807, 2.05) is 12.1 Å². The molecule has 0 radical (unpaired) electrons. The van der Waals surface area contributed by atoms with Crippen LogP contribution in [-0.2, 0) is 0 Å². The monoisotopic (exact) mass is 293 g/mol. The van der Waals surface area contributed by atoms with Gasteiger partial charge in [-0.1, -0.05) is 0 Å².